The van der Waals surface area contributed by atoms with Crippen LogP contribution in [0, 0.1) is 17.7 Å². The van der Waals surface area contributed by atoms with Crippen LogP contribution in [-0.4, -0.2) is 48.2 Å². The van der Waals surface area contributed by atoms with E-state index in [-0.39, 0.29) is 30.4 Å². The number of carbonyl (C=O) groups excluding carboxylic acids is 1. The fraction of sp³-hybridized carbons (Fsp3) is 0.556. The van der Waals surface area contributed by atoms with Gasteiger partial charge in [0.15, 0.2) is 0 Å². The fourth-order valence-corrected chi connectivity index (χ4v) is 3.26. The van der Waals surface area contributed by atoms with Gasteiger partial charge in [-0.25, -0.2) is 9.18 Å². The van der Waals surface area contributed by atoms with Gasteiger partial charge in [-0.1, -0.05) is 6.92 Å². The van der Waals surface area contributed by atoms with Gasteiger partial charge in [-0.05, 0) is 43.4 Å². The Balaban J connectivity index is 1.95. The third-order valence-electron chi connectivity index (χ3n) is 4.37. The Morgan fingerprint density at radius 1 is 1.40 bits per heavy atom. The van der Waals surface area contributed by atoms with Crippen molar-refractivity contribution in [2.45, 2.75) is 32.7 Å². The average Bonchev–Trinajstić information content (AvgIpc) is 2.53. The standard InChI is InChI=1S/C18H25FN2O4/c1-11-4-14(17(22)23)10-21(9-11)18(24)20-12(2)5-13-6-15(19)8-16(7-13)25-3/h6-8,11-12,14H,4-5,9-10H2,1-3H3,(H,20,24)(H,22,23). The van der Waals surface area contributed by atoms with Crippen molar-refractivity contribution in [3.05, 3.63) is 29.6 Å². The maximum absolute atomic E-state index is 13.5. The molecular weight excluding hydrogens is 327 g/mol. The van der Waals surface area contributed by atoms with E-state index in [9.17, 15) is 19.1 Å². The minimum absolute atomic E-state index is 0.142. The number of ether oxygens (including phenoxy) is 1. The second-order valence-electron chi connectivity index (χ2n) is 6.83. The Hall–Kier alpha value is -2.31. The highest BCUT2D eigenvalue weighted by Gasteiger charge is 2.32. The van der Waals surface area contributed by atoms with Crippen molar-refractivity contribution >= 4 is 12.0 Å². The lowest BCUT2D eigenvalue weighted by Gasteiger charge is -2.35. The summed E-state index contributed by atoms with van der Waals surface area (Å²) in [6.45, 7) is 4.53. The first kappa shape index (κ1) is 19.0. The number of urea groups is 1. The molecule has 2 amide bonds. The van der Waals surface area contributed by atoms with Gasteiger partial charge < -0.3 is 20.1 Å². The molecule has 25 heavy (non-hydrogen) atoms. The van der Waals surface area contributed by atoms with Crippen molar-refractivity contribution in [1.29, 1.82) is 0 Å². The molecule has 1 heterocycles. The summed E-state index contributed by atoms with van der Waals surface area (Å²) in [4.78, 5) is 25.2. The largest absolute Gasteiger partial charge is 0.497 e. The number of halogens is 1. The Labute approximate surface area is 147 Å². The third kappa shape index (κ3) is 5.34. The number of carbonyl (C=O) groups is 2. The number of amides is 2. The van der Waals surface area contributed by atoms with Crippen LogP contribution in [0.15, 0.2) is 18.2 Å². The van der Waals surface area contributed by atoms with Gasteiger partial charge in [0.1, 0.15) is 11.6 Å². The van der Waals surface area contributed by atoms with E-state index in [1.54, 1.807) is 11.0 Å². The molecule has 3 unspecified atom stereocenters. The molecule has 0 saturated carbocycles. The van der Waals surface area contributed by atoms with Gasteiger partial charge in [-0.15, -0.1) is 0 Å². The van der Waals surface area contributed by atoms with Crippen LogP contribution in [0.2, 0.25) is 0 Å². The molecule has 1 saturated heterocycles. The van der Waals surface area contributed by atoms with Gasteiger partial charge in [0.05, 0.1) is 13.0 Å². The van der Waals surface area contributed by atoms with Crippen LogP contribution in [0.4, 0.5) is 9.18 Å². The van der Waals surface area contributed by atoms with E-state index >= 15 is 0 Å². The number of hydrogen-bond acceptors (Lipinski definition) is 3. The quantitative estimate of drug-likeness (QED) is 0.853. The molecule has 1 aromatic carbocycles. The van der Waals surface area contributed by atoms with Gasteiger partial charge in [0.25, 0.3) is 0 Å². The van der Waals surface area contributed by atoms with E-state index in [0.29, 0.717) is 25.1 Å². The molecule has 0 radical (unpaired) electrons. The Bertz CT molecular complexity index is 638. The zero-order chi connectivity index (χ0) is 18.6. The summed E-state index contributed by atoms with van der Waals surface area (Å²) in [5, 5.41) is 12.1. The molecule has 0 aliphatic carbocycles. The summed E-state index contributed by atoms with van der Waals surface area (Å²) in [6.07, 6.45) is 1.03. The number of piperidine rings is 1. The first-order valence-corrected chi connectivity index (χ1v) is 8.40. The summed E-state index contributed by atoms with van der Waals surface area (Å²) >= 11 is 0. The van der Waals surface area contributed by atoms with Gasteiger partial charge >= 0.3 is 12.0 Å². The van der Waals surface area contributed by atoms with Gasteiger partial charge in [-0.3, -0.25) is 4.79 Å². The number of benzene rings is 1. The van der Waals surface area contributed by atoms with Crippen molar-refractivity contribution in [2.75, 3.05) is 20.2 Å². The minimum Gasteiger partial charge on any atom is -0.497 e. The number of rotatable bonds is 5. The smallest absolute Gasteiger partial charge is 0.317 e. The molecule has 1 fully saturated rings. The lowest BCUT2D eigenvalue weighted by molar-refractivity contribution is -0.143. The van der Waals surface area contributed by atoms with Gasteiger partial charge in [0, 0.05) is 25.2 Å². The van der Waals surface area contributed by atoms with Crippen molar-refractivity contribution in [3.8, 4) is 5.75 Å². The first-order chi connectivity index (χ1) is 11.8. The highest BCUT2D eigenvalue weighted by molar-refractivity contribution is 5.76. The minimum atomic E-state index is -0.871. The lowest BCUT2D eigenvalue weighted by atomic mass is 9.91. The van der Waals surface area contributed by atoms with Crippen LogP contribution in [0.5, 0.6) is 5.75 Å². The molecule has 1 aromatic rings. The number of carboxylic acids is 1. The summed E-state index contributed by atoms with van der Waals surface area (Å²) in [6, 6.07) is 3.94. The normalized spacial score (nSPS) is 21.5. The van der Waals surface area contributed by atoms with Crippen LogP contribution in [0.3, 0.4) is 0 Å². The number of carboxylic acid groups (broad SMARTS) is 1. The number of nitrogens with one attached hydrogen (secondary N) is 1. The maximum Gasteiger partial charge on any atom is 0.317 e. The summed E-state index contributed by atoms with van der Waals surface area (Å²) in [7, 11) is 1.47. The van der Waals surface area contributed by atoms with E-state index in [1.165, 1.54) is 19.2 Å². The van der Waals surface area contributed by atoms with Crippen LogP contribution in [-0.2, 0) is 11.2 Å². The zero-order valence-electron chi connectivity index (χ0n) is 14.8. The van der Waals surface area contributed by atoms with Gasteiger partial charge in [0.2, 0.25) is 0 Å². The molecule has 6 nitrogen and oxygen atoms in total. The van der Waals surface area contributed by atoms with Crippen molar-refractivity contribution in [2.24, 2.45) is 11.8 Å². The summed E-state index contributed by atoms with van der Waals surface area (Å²) in [5.74, 6) is -1.21. The number of methoxy groups -OCH3 is 1. The van der Waals surface area contributed by atoms with E-state index in [2.05, 4.69) is 5.32 Å². The van der Waals surface area contributed by atoms with Crippen molar-refractivity contribution in [1.82, 2.24) is 10.2 Å². The monoisotopic (exact) mass is 352 g/mol. The predicted octanol–water partition coefficient (Wildman–Crippen LogP) is 2.52. The Morgan fingerprint density at radius 2 is 2.12 bits per heavy atom. The first-order valence-electron chi connectivity index (χ1n) is 8.40. The molecule has 0 aromatic heterocycles. The van der Waals surface area contributed by atoms with E-state index in [0.717, 1.165) is 5.56 Å². The van der Waals surface area contributed by atoms with Gasteiger partial charge in [-0.2, -0.15) is 0 Å². The van der Waals surface area contributed by atoms with Crippen molar-refractivity contribution in [3.63, 3.8) is 0 Å². The summed E-state index contributed by atoms with van der Waals surface area (Å²) < 4.78 is 18.6. The topological polar surface area (TPSA) is 78.9 Å². The zero-order valence-corrected chi connectivity index (χ0v) is 14.8. The summed E-state index contributed by atoms with van der Waals surface area (Å²) in [5.41, 5.74) is 0.722. The Kier molecular flexibility index (Phi) is 6.22. The predicted molar refractivity (Wildman–Crippen MR) is 91.1 cm³/mol. The second-order valence-corrected chi connectivity index (χ2v) is 6.83. The SMILES string of the molecule is COc1cc(F)cc(CC(C)NC(=O)N2CC(C)CC(C(=O)O)C2)c1. The molecule has 0 spiro atoms. The molecule has 1 aliphatic heterocycles. The van der Waals surface area contributed by atoms with Crippen molar-refractivity contribution < 1.29 is 23.8 Å². The maximum atomic E-state index is 13.5. The molecule has 7 heteroatoms. The van der Waals surface area contributed by atoms with Crippen LogP contribution in [0.25, 0.3) is 0 Å². The lowest BCUT2D eigenvalue weighted by Crippen LogP contribution is -2.51. The van der Waals surface area contributed by atoms with Crippen LogP contribution in [0.1, 0.15) is 25.8 Å². The molecular formula is C18H25FN2O4. The molecule has 2 rings (SSSR count). The van der Waals surface area contributed by atoms with Crippen LogP contribution >= 0.6 is 0 Å². The fourth-order valence-electron chi connectivity index (χ4n) is 3.26. The van der Waals surface area contributed by atoms with E-state index < -0.39 is 11.9 Å². The second kappa shape index (κ2) is 8.18. The number of likely N-dealkylation sites (tertiary alicyclic amines) is 1. The van der Waals surface area contributed by atoms with E-state index in [1.807, 2.05) is 13.8 Å². The molecule has 3 atom stereocenters. The molecule has 2 N–H and O–H groups in total. The number of aliphatic carboxylic acids is 1. The Morgan fingerprint density at radius 3 is 2.76 bits per heavy atom. The number of hydrogen-bond donors (Lipinski definition) is 2. The average molecular weight is 352 g/mol. The van der Waals surface area contributed by atoms with Crippen LogP contribution < -0.4 is 10.1 Å². The number of nitrogens with zero attached hydrogens (tertiary/aromatic N) is 1. The highest BCUT2D eigenvalue weighted by atomic mass is 19.1. The molecule has 1 aliphatic rings. The third-order valence-corrected chi connectivity index (χ3v) is 4.37. The highest BCUT2D eigenvalue weighted by Crippen LogP contribution is 2.22. The molecule has 138 valence electrons. The molecule has 0 bridgehead atoms. The van der Waals surface area contributed by atoms with E-state index in [4.69, 9.17) is 4.74 Å².